The van der Waals surface area contributed by atoms with E-state index in [1.807, 2.05) is 44.2 Å². The van der Waals surface area contributed by atoms with E-state index >= 15 is 0 Å². The van der Waals surface area contributed by atoms with Crippen molar-refractivity contribution in [3.8, 4) is 5.75 Å². The third kappa shape index (κ3) is 7.81. The van der Waals surface area contributed by atoms with Gasteiger partial charge in [-0.1, -0.05) is 62.4 Å². The highest BCUT2D eigenvalue weighted by atomic mass is 32.2. The number of sulfonamides is 1. The standard InChI is InChI=1S/C36H41N3O9S/c1-22(2)19-39(49(44,45)25-12-13-29-27(18-25)28(34(42)37-29)17-24-10-6-7-11-31(24)40)20-32(41)30(16-23-8-4-3-5-9-23)38-36(43)48-33-21-47-35-26(33)14-15-46-35/h3-13,17-18,22,26,30,32-33,35,40-41H,14-16,19-21H2,1-2H3,(H,37,42)(H,38,43)/b28-17-/t26?,30-,32+,33?,35?/m0/s1. The molecule has 0 bridgehead atoms. The van der Waals surface area contributed by atoms with Crippen LogP contribution >= 0.6 is 0 Å². The number of hydrogen-bond acceptors (Lipinski definition) is 9. The number of rotatable bonds is 12. The topological polar surface area (TPSA) is 164 Å². The molecule has 3 aromatic rings. The van der Waals surface area contributed by atoms with Gasteiger partial charge in [0.05, 0.1) is 36.2 Å². The Bertz CT molecular complexity index is 1820. The fourth-order valence-electron chi connectivity index (χ4n) is 6.42. The molecule has 12 nitrogen and oxygen atoms in total. The molecule has 5 atom stereocenters. The predicted octanol–water partition coefficient (Wildman–Crippen LogP) is 3.99. The van der Waals surface area contributed by atoms with Crippen molar-refractivity contribution >= 4 is 39.4 Å². The third-order valence-electron chi connectivity index (χ3n) is 8.92. The largest absolute Gasteiger partial charge is 0.507 e. The first-order valence-corrected chi connectivity index (χ1v) is 17.8. The van der Waals surface area contributed by atoms with Gasteiger partial charge in [-0.3, -0.25) is 4.79 Å². The number of ether oxygens (including phenoxy) is 3. The number of benzene rings is 3. The van der Waals surface area contributed by atoms with Gasteiger partial charge in [0.25, 0.3) is 5.91 Å². The van der Waals surface area contributed by atoms with E-state index < -0.39 is 46.6 Å². The number of phenols is 1. The second kappa shape index (κ2) is 14.7. The van der Waals surface area contributed by atoms with E-state index in [-0.39, 0.29) is 54.2 Å². The molecule has 3 aliphatic rings. The van der Waals surface area contributed by atoms with E-state index in [1.54, 1.807) is 18.2 Å². The molecule has 6 rings (SSSR count). The molecule has 0 aliphatic carbocycles. The van der Waals surface area contributed by atoms with E-state index in [2.05, 4.69) is 10.6 Å². The quantitative estimate of drug-likeness (QED) is 0.206. The van der Waals surface area contributed by atoms with Gasteiger partial charge in [-0.05, 0) is 54.7 Å². The van der Waals surface area contributed by atoms with Gasteiger partial charge in [0.15, 0.2) is 6.29 Å². The van der Waals surface area contributed by atoms with E-state index in [0.29, 0.717) is 29.8 Å². The van der Waals surface area contributed by atoms with Crippen LogP contribution in [-0.2, 0) is 35.4 Å². The van der Waals surface area contributed by atoms with Crippen molar-refractivity contribution in [1.29, 1.82) is 0 Å². The number of aliphatic hydroxyl groups excluding tert-OH is 1. The van der Waals surface area contributed by atoms with Gasteiger partial charge in [0, 0.05) is 35.5 Å². The summed E-state index contributed by atoms with van der Waals surface area (Å²) in [6.07, 6.45) is -0.513. The highest BCUT2D eigenvalue weighted by Crippen LogP contribution is 2.37. The zero-order valence-electron chi connectivity index (χ0n) is 27.3. The number of fused-ring (bicyclic) bond motifs is 2. The maximum atomic E-state index is 14.3. The van der Waals surface area contributed by atoms with Crippen LogP contribution in [0.15, 0.2) is 77.7 Å². The van der Waals surface area contributed by atoms with Crippen molar-refractivity contribution < 1.29 is 42.4 Å². The Kier molecular flexibility index (Phi) is 10.4. The first-order valence-electron chi connectivity index (χ1n) is 16.4. The number of hydrogen-bond donors (Lipinski definition) is 4. The Morgan fingerprint density at radius 3 is 2.59 bits per heavy atom. The summed E-state index contributed by atoms with van der Waals surface area (Å²) in [6.45, 7) is 4.23. The van der Waals surface area contributed by atoms with Crippen molar-refractivity contribution in [3.63, 3.8) is 0 Å². The molecular weight excluding hydrogens is 650 g/mol. The number of phenolic OH excluding ortho intramolecular Hbond substituents is 1. The molecule has 2 fully saturated rings. The van der Waals surface area contributed by atoms with Crippen LogP contribution < -0.4 is 10.6 Å². The van der Waals surface area contributed by atoms with Gasteiger partial charge >= 0.3 is 6.09 Å². The number of anilines is 1. The molecule has 0 radical (unpaired) electrons. The molecule has 2 saturated heterocycles. The lowest BCUT2D eigenvalue weighted by Crippen LogP contribution is -2.51. The highest BCUT2D eigenvalue weighted by Gasteiger charge is 2.44. The van der Waals surface area contributed by atoms with Crippen LogP contribution in [0.25, 0.3) is 11.6 Å². The molecule has 0 saturated carbocycles. The van der Waals surface area contributed by atoms with Crippen molar-refractivity contribution in [3.05, 3.63) is 89.5 Å². The van der Waals surface area contributed by atoms with Crippen LogP contribution in [0, 0.1) is 11.8 Å². The average Bonchev–Trinajstić information content (AvgIpc) is 3.77. The van der Waals surface area contributed by atoms with Gasteiger partial charge in [-0.2, -0.15) is 4.31 Å². The first kappa shape index (κ1) is 34.6. The molecule has 13 heteroatoms. The van der Waals surface area contributed by atoms with Gasteiger partial charge in [0.2, 0.25) is 10.0 Å². The Hall–Kier alpha value is -4.27. The Morgan fingerprint density at radius 1 is 1.08 bits per heavy atom. The number of amides is 2. The normalized spacial score (nSPS) is 22.2. The molecular formula is C36H41N3O9S. The average molecular weight is 692 g/mol. The summed E-state index contributed by atoms with van der Waals surface area (Å²) in [5.41, 5.74) is 2.26. The van der Waals surface area contributed by atoms with Gasteiger partial charge in [-0.15, -0.1) is 0 Å². The van der Waals surface area contributed by atoms with E-state index in [0.717, 1.165) is 5.56 Å². The number of nitrogens with zero attached hydrogens (tertiary/aromatic N) is 1. The summed E-state index contributed by atoms with van der Waals surface area (Å²) in [4.78, 5) is 26.0. The molecule has 3 aliphatic heterocycles. The van der Waals surface area contributed by atoms with Crippen molar-refractivity contribution in [1.82, 2.24) is 9.62 Å². The second-order valence-electron chi connectivity index (χ2n) is 13.0. The lowest BCUT2D eigenvalue weighted by atomic mass is 10.0. The monoisotopic (exact) mass is 691 g/mol. The number of aliphatic hydroxyl groups is 1. The van der Waals surface area contributed by atoms with Crippen LogP contribution in [-0.4, -0.2) is 85.8 Å². The summed E-state index contributed by atoms with van der Waals surface area (Å²) in [5, 5.41) is 27.5. The summed E-state index contributed by atoms with van der Waals surface area (Å²) in [7, 11) is -4.21. The van der Waals surface area contributed by atoms with E-state index in [9.17, 15) is 28.2 Å². The lowest BCUT2D eigenvalue weighted by Gasteiger charge is -2.31. The molecule has 49 heavy (non-hydrogen) atoms. The summed E-state index contributed by atoms with van der Waals surface area (Å²) >= 11 is 0. The first-order chi connectivity index (χ1) is 23.5. The van der Waals surface area contributed by atoms with Gasteiger partial charge in [0.1, 0.15) is 11.9 Å². The SMILES string of the molecule is CC(C)CN(C[C@@H](O)[C@H](Cc1ccccc1)NC(=O)OC1COC2OCCC12)S(=O)(=O)c1ccc2c(c1)/C(=C/c1ccccc1O)C(=O)N2. The number of aromatic hydroxyl groups is 1. The van der Waals surface area contributed by atoms with Crippen molar-refractivity contribution in [2.24, 2.45) is 11.8 Å². The maximum absolute atomic E-state index is 14.3. The van der Waals surface area contributed by atoms with Crippen molar-refractivity contribution in [2.45, 2.75) is 56.1 Å². The van der Waals surface area contributed by atoms with Crippen LogP contribution in [0.4, 0.5) is 10.5 Å². The highest BCUT2D eigenvalue weighted by molar-refractivity contribution is 7.89. The van der Waals surface area contributed by atoms with Gasteiger partial charge < -0.3 is 35.1 Å². The smallest absolute Gasteiger partial charge is 0.407 e. The summed E-state index contributed by atoms with van der Waals surface area (Å²) in [6, 6.07) is 19.3. The Morgan fingerprint density at radius 2 is 1.84 bits per heavy atom. The molecule has 3 heterocycles. The number of para-hydroxylation sites is 1. The molecule has 0 aromatic heterocycles. The van der Waals surface area contributed by atoms with E-state index in [1.165, 1.54) is 34.6 Å². The van der Waals surface area contributed by atoms with Crippen LogP contribution in [0.2, 0.25) is 0 Å². The number of alkyl carbamates (subject to hydrolysis) is 1. The number of carbonyl (C=O) groups excluding carboxylic acids is 2. The fourth-order valence-corrected chi connectivity index (χ4v) is 8.07. The minimum absolute atomic E-state index is 0.0204. The third-order valence-corrected chi connectivity index (χ3v) is 10.7. The molecule has 3 aromatic carbocycles. The molecule has 260 valence electrons. The Balaban J connectivity index is 1.25. The zero-order valence-corrected chi connectivity index (χ0v) is 28.1. The van der Waals surface area contributed by atoms with Gasteiger partial charge in [-0.25, -0.2) is 13.2 Å². The molecule has 2 amide bonds. The lowest BCUT2D eigenvalue weighted by molar-refractivity contribution is -0.110. The summed E-state index contributed by atoms with van der Waals surface area (Å²) < 4.78 is 46.5. The fraction of sp³-hybridized carbons (Fsp3) is 0.389. The van der Waals surface area contributed by atoms with E-state index in [4.69, 9.17) is 14.2 Å². The van der Waals surface area contributed by atoms with Crippen LogP contribution in [0.5, 0.6) is 5.75 Å². The van der Waals surface area contributed by atoms with Crippen LogP contribution in [0.1, 0.15) is 37.0 Å². The predicted molar refractivity (Wildman–Crippen MR) is 182 cm³/mol. The summed E-state index contributed by atoms with van der Waals surface area (Å²) in [5.74, 6) is -0.621. The number of carbonyl (C=O) groups is 2. The Labute approximate surface area is 285 Å². The van der Waals surface area contributed by atoms with Crippen molar-refractivity contribution in [2.75, 3.05) is 31.6 Å². The molecule has 0 spiro atoms. The second-order valence-corrected chi connectivity index (χ2v) is 14.9. The van der Waals surface area contributed by atoms with Crippen LogP contribution in [0.3, 0.4) is 0 Å². The maximum Gasteiger partial charge on any atom is 0.407 e. The molecule has 3 unspecified atom stereocenters. The molecule has 4 N–H and O–H groups in total. The number of nitrogens with one attached hydrogen (secondary N) is 2. The minimum atomic E-state index is -4.21. The minimum Gasteiger partial charge on any atom is -0.507 e. The zero-order chi connectivity index (χ0) is 34.7.